The molecule has 18 heavy (non-hydrogen) atoms. The molecule has 0 heterocycles. The van der Waals surface area contributed by atoms with Crippen molar-refractivity contribution in [2.75, 3.05) is 0 Å². The van der Waals surface area contributed by atoms with Crippen molar-refractivity contribution in [1.82, 2.24) is 4.72 Å². The Kier molecular flexibility index (Phi) is 5.32. The largest absolute Gasteiger partial charge is 0.240 e. The lowest BCUT2D eigenvalue weighted by Gasteiger charge is -2.13. The lowest BCUT2D eigenvalue weighted by atomic mass is 10.2. The summed E-state index contributed by atoms with van der Waals surface area (Å²) in [5, 5.41) is 8.76. The average Bonchev–Trinajstić information content (AvgIpc) is 2.36. The molecular weight excluding hydrogens is 248 g/mol. The van der Waals surface area contributed by atoms with Gasteiger partial charge in [0.15, 0.2) is 0 Å². The summed E-state index contributed by atoms with van der Waals surface area (Å²) >= 11 is 0. The van der Waals surface area contributed by atoms with E-state index in [9.17, 15) is 8.42 Å². The van der Waals surface area contributed by atoms with Gasteiger partial charge in [0.1, 0.15) is 0 Å². The molecule has 0 aliphatic heterocycles. The van der Waals surface area contributed by atoms with Crippen LogP contribution < -0.4 is 4.72 Å². The monoisotopic (exact) mass is 266 g/mol. The summed E-state index contributed by atoms with van der Waals surface area (Å²) in [5.41, 5.74) is 0.346. The number of sulfonamides is 1. The maximum Gasteiger partial charge on any atom is 0.240 e. The van der Waals surface area contributed by atoms with Gasteiger partial charge in [0.25, 0.3) is 0 Å². The van der Waals surface area contributed by atoms with Gasteiger partial charge in [-0.1, -0.05) is 25.8 Å². The van der Waals surface area contributed by atoms with Gasteiger partial charge in [-0.05, 0) is 31.5 Å². The topological polar surface area (TPSA) is 70.0 Å². The van der Waals surface area contributed by atoms with Gasteiger partial charge in [0, 0.05) is 6.04 Å². The average molecular weight is 266 g/mol. The number of nitrogens with zero attached hydrogens (tertiary/aromatic N) is 1. The van der Waals surface area contributed by atoms with Crippen molar-refractivity contribution in [3.63, 3.8) is 0 Å². The Labute approximate surface area is 109 Å². The highest BCUT2D eigenvalue weighted by molar-refractivity contribution is 7.89. The van der Waals surface area contributed by atoms with Gasteiger partial charge in [-0.2, -0.15) is 5.26 Å². The van der Waals surface area contributed by atoms with Gasteiger partial charge in [0.2, 0.25) is 10.0 Å². The lowest BCUT2D eigenvalue weighted by molar-refractivity contribution is 0.534. The lowest BCUT2D eigenvalue weighted by Crippen LogP contribution is -2.32. The zero-order valence-electron chi connectivity index (χ0n) is 10.7. The molecule has 0 spiro atoms. The highest BCUT2D eigenvalue weighted by Crippen LogP contribution is 2.12. The van der Waals surface area contributed by atoms with E-state index < -0.39 is 10.0 Å². The van der Waals surface area contributed by atoms with Crippen molar-refractivity contribution < 1.29 is 8.42 Å². The molecule has 0 fully saturated rings. The molecule has 0 saturated heterocycles. The van der Waals surface area contributed by atoms with E-state index in [4.69, 9.17) is 5.26 Å². The molecule has 1 aromatic carbocycles. The highest BCUT2D eigenvalue weighted by atomic mass is 32.2. The van der Waals surface area contributed by atoms with Crippen LogP contribution in [0, 0.1) is 11.3 Å². The molecule has 1 N–H and O–H groups in total. The number of hydrogen-bond donors (Lipinski definition) is 1. The minimum absolute atomic E-state index is 0.0966. The van der Waals surface area contributed by atoms with Crippen molar-refractivity contribution in [1.29, 1.82) is 5.26 Å². The van der Waals surface area contributed by atoms with Crippen LogP contribution in [-0.4, -0.2) is 14.5 Å². The normalized spacial score (nSPS) is 12.9. The first kappa shape index (κ1) is 14.7. The molecule has 4 nitrogen and oxygen atoms in total. The van der Waals surface area contributed by atoms with Crippen molar-refractivity contribution in [3.05, 3.63) is 29.8 Å². The molecule has 1 unspecified atom stereocenters. The molecule has 98 valence electrons. The fourth-order valence-corrected chi connectivity index (χ4v) is 2.96. The van der Waals surface area contributed by atoms with E-state index in [1.54, 1.807) is 12.1 Å². The standard InChI is InChI=1S/C13H18N2O2S/c1-3-4-6-11(2)15-18(16,17)13-8-5-7-12(9-13)10-14/h5,7-9,11,15H,3-4,6H2,1-2H3. The maximum atomic E-state index is 12.1. The number of benzene rings is 1. The summed E-state index contributed by atoms with van der Waals surface area (Å²) < 4.78 is 26.7. The molecule has 0 aromatic heterocycles. The molecule has 1 atom stereocenters. The summed E-state index contributed by atoms with van der Waals surface area (Å²) in [6.45, 7) is 3.92. The number of hydrogen-bond acceptors (Lipinski definition) is 3. The highest BCUT2D eigenvalue weighted by Gasteiger charge is 2.17. The Balaban J connectivity index is 2.83. The summed E-state index contributed by atoms with van der Waals surface area (Å²) in [4.78, 5) is 0.143. The molecule has 0 bridgehead atoms. The second kappa shape index (κ2) is 6.53. The summed E-state index contributed by atoms with van der Waals surface area (Å²) in [6.07, 6.45) is 2.84. The van der Waals surface area contributed by atoms with Crippen molar-refractivity contribution in [2.24, 2.45) is 0 Å². The molecule has 0 amide bonds. The molecule has 5 heteroatoms. The minimum atomic E-state index is -3.52. The third kappa shape index (κ3) is 4.13. The van der Waals surface area contributed by atoms with Gasteiger partial charge >= 0.3 is 0 Å². The fraction of sp³-hybridized carbons (Fsp3) is 0.462. The van der Waals surface area contributed by atoms with E-state index >= 15 is 0 Å². The van der Waals surface area contributed by atoms with E-state index in [2.05, 4.69) is 11.6 Å². The Hall–Kier alpha value is -1.38. The van der Waals surface area contributed by atoms with E-state index in [1.807, 2.05) is 13.0 Å². The predicted molar refractivity (Wildman–Crippen MR) is 70.5 cm³/mol. The number of rotatable bonds is 6. The SMILES string of the molecule is CCCCC(C)NS(=O)(=O)c1cccc(C#N)c1. The fourth-order valence-electron chi connectivity index (χ4n) is 1.63. The van der Waals surface area contributed by atoms with Crippen LogP contribution >= 0.6 is 0 Å². The number of unbranched alkanes of at least 4 members (excludes halogenated alkanes) is 1. The molecule has 0 aliphatic carbocycles. The summed E-state index contributed by atoms with van der Waals surface area (Å²) in [5.74, 6) is 0. The van der Waals surface area contributed by atoms with Gasteiger partial charge < -0.3 is 0 Å². The molecule has 0 aliphatic rings. The molecule has 0 radical (unpaired) electrons. The van der Waals surface area contributed by atoms with Crippen LogP contribution in [0.15, 0.2) is 29.2 Å². The van der Waals surface area contributed by atoms with E-state index in [0.29, 0.717) is 5.56 Å². The van der Waals surface area contributed by atoms with Crippen LogP contribution in [-0.2, 0) is 10.0 Å². The zero-order valence-corrected chi connectivity index (χ0v) is 11.5. The third-order valence-electron chi connectivity index (χ3n) is 2.62. The Morgan fingerprint density at radius 1 is 1.44 bits per heavy atom. The Morgan fingerprint density at radius 3 is 2.78 bits per heavy atom. The van der Waals surface area contributed by atoms with Gasteiger partial charge in [0.05, 0.1) is 16.5 Å². The second-order valence-corrected chi connectivity index (χ2v) is 6.02. The van der Waals surface area contributed by atoms with E-state index in [0.717, 1.165) is 19.3 Å². The quantitative estimate of drug-likeness (QED) is 0.859. The van der Waals surface area contributed by atoms with Gasteiger partial charge in [-0.3, -0.25) is 0 Å². The van der Waals surface area contributed by atoms with E-state index in [1.165, 1.54) is 12.1 Å². The predicted octanol–water partition coefficient (Wildman–Crippen LogP) is 2.42. The van der Waals surface area contributed by atoms with Crippen LogP contribution in [0.2, 0.25) is 0 Å². The number of nitriles is 1. The third-order valence-corrected chi connectivity index (χ3v) is 4.21. The van der Waals surface area contributed by atoms with E-state index in [-0.39, 0.29) is 10.9 Å². The van der Waals surface area contributed by atoms with Crippen LogP contribution in [0.5, 0.6) is 0 Å². The summed E-state index contributed by atoms with van der Waals surface area (Å²) in [6, 6.07) is 7.87. The molecule has 0 saturated carbocycles. The van der Waals surface area contributed by atoms with Crippen LogP contribution in [0.25, 0.3) is 0 Å². The second-order valence-electron chi connectivity index (χ2n) is 4.30. The first-order valence-electron chi connectivity index (χ1n) is 6.02. The smallest absolute Gasteiger partial charge is 0.208 e. The zero-order chi connectivity index (χ0) is 13.6. The van der Waals surface area contributed by atoms with Crippen LogP contribution in [0.3, 0.4) is 0 Å². The van der Waals surface area contributed by atoms with Crippen LogP contribution in [0.1, 0.15) is 38.7 Å². The summed E-state index contributed by atoms with van der Waals surface area (Å²) in [7, 11) is -3.52. The van der Waals surface area contributed by atoms with Crippen molar-refractivity contribution in [2.45, 2.75) is 44.0 Å². The van der Waals surface area contributed by atoms with Gasteiger partial charge in [-0.15, -0.1) is 0 Å². The Bertz CT molecular complexity index is 532. The first-order chi connectivity index (χ1) is 8.49. The molecule has 1 rings (SSSR count). The van der Waals surface area contributed by atoms with Crippen molar-refractivity contribution >= 4 is 10.0 Å². The molecule has 1 aromatic rings. The van der Waals surface area contributed by atoms with Crippen LogP contribution in [0.4, 0.5) is 0 Å². The maximum absolute atomic E-state index is 12.1. The first-order valence-corrected chi connectivity index (χ1v) is 7.50. The van der Waals surface area contributed by atoms with Gasteiger partial charge in [-0.25, -0.2) is 13.1 Å². The Morgan fingerprint density at radius 2 is 2.17 bits per heavy atom. The molecular formula is C13H18N2O2S. The van der Waals surface area contributed by atoms with Crippen molar-refractivity contribution in [3.8, 4) is 6.07 Å². The minimum Gasteiger partial charge on any atom is -0.208 e. The number of nitrogens with one attached hydrogen (secondary N) is 1.